The van der Waals surface area contributed by atoms with Crippen molar-refractivity contribution in [2.75, 3.05) is 29.0 Å². The number of nitrogens with zero attached hydrogens (tertiary/aromatic N) is 2. The van der Waals surface area contributed by atoms with Gasteiger partial charge >= 0.3 is 0 Å². The maximum absolute atomic E-state index is 12.6. The largest absolute Gasteiger partial charge is 0.382 e. The van der Waals surface area contributed by atoms with Crippen LogP contribution in [0.15, 0.2) is 34.9 Å². The summed E-state index contributed by atoms with van der Waals surface area (Å²) in [5.41, 5.74) is 8.29. The van der Waals surface area contributed by atoms with Gasteiger partial charge in [-0.2, -0.15) is 0 Å². The molecule has 2 aliphatic heterocycles. The lowest BCUT2D eigenvalue weighted by Crippen LogP contribution is -2.46. The first-order chi connectivity index (χ1) is 11.5. The van der Waals surface area contributed by atoms with Crippen LogP contribution in [0.2, 0.25) is 5.02 Å². The molecule has 0 radical (unpaired) electrons. The van der Waals surface area contributed by atoms with E-state index in [2.05, 4.69) is 37.2 Å². The van der Waals surface area contributed by atoms with E-state index >= 15 is 0 Å². The molecule has 7 heteroatoms. The summed E-state index contributed by atoms with van der Waals surface area (Å²) in [6.45, 7) is 1.45. The number of carbonyl (C=O) groups is 1. The van der Waals surface area contributed by atoms with Gasteiger partial charge in [-0.3, -0.25) is 4.79 Å². The highest BCUT2D eigenvalue weighted by Gasteiger charge is 2.48. The van der Waals surface area contributed by atoms with Gasteiger partial charge in [-0.1, -0.05) is 29.8 Å². The Hall–Kier alpha value is -1.79. The van der Waals surface area contributed by atoms with Crippen LogP contribution in [0.25, 0.3) is 0 Å². The minimum Gasteiger partial charge on any atom is -0.382 e. The van der Waals surface area contributed by atoms with Gasteiger partial charge in [0, 0.05) is 25.0 Å². The fraction of sp³-hybridized carbons (Fsp3) is 0.294. The minimum absolute atomic E-state index is 0.0998. The molecule has 0 aliphatic carbocycles. The Balaban J connectivity index is 1.65. The summed E-state index contributed by atoms with van der Waals surface area (Å²) in [7, 11) is 0. The van der Waals surface area contributed by atoms with Gasteiger partial charge in [0.25, 0.3) is 0 Å². The van der Waals surface area contributed by atoms with E-state index in [-0.39, 0.29) is 5.91 Å². The van der Waals surface area contributed by atoms with Crippen LogP contribution in [-0.4, -0.2) is 24.0 Å². The number of fused-ring (bicyclic) bond motifs is 2. The SMILES string of the molecule is Nc1ncc(Br)c(N2CCC3(CC2)C(=O)Nc2ccccc23)c1Cl. The van der Waals surface area contributed by atoms with Crippen molar-refractivity contribution in [1.29, 1.82) is 0 Å². The first kappa shape index (κ1) is 15.7. The van der Waals surface area contributed by atoms with Crippen LogP contribution in [0.4, 0.5) is 17.2 Å². The van der Waals surface area contributed by atoms with Crippen LogP contribution in [0, 0.1) is 0 Å². The number of carbonyl (C=O) groups excluding carboxylic acids is 1. The molecule has 0 bridgehead atoms. The molecule has 4 rings (SSSR count). The summed E-state index contributed by atoms with van der Waals surface area (Å²) in [5.74, 6) is 0.418. The smallest absolute Gasteiger partial charge is 0.235 e. The fourth-order valence-corrected chi connectivity index (χ4v) is 4.68. The van der Waals surface area contributed by atoms with Crippen molar-refractivity contribution in [2.24, 2.45) is 0 Å². The number of piperidine rings is 1. The Kier molecular flexibility index (Phi) is 3.69. The predicted octanol–water partition coefficient (Wildman–Crippen LogP) is 3.57. The van der Waals surface area contributed by atoms with Crippen molar-refractivity contribution >= 4 is 50.6 Å². The zero-order valence-electron chi connectivity index (χ0n) is 12.9. The number of aromatic nitrogens is 1. The molecule has 1 amide bonds. The number of benzene rings is 1. The standard InChI is InChI=1S/C17H16BrClN4O/c18-11-9-21-15(20)13(19)14(11)23-7-5-17(6-8-23)10-3-1-2-4-12(10)22-16(17)24/h1-4,9H,5-8H2,(H2,20,21)(H,22,24). The number of halogens is 2. The Morgan fingerprint density at radius 1 is 1.29 bits per heavy atom. The molecule has 1 saturated heterocycles. The summed E-state index contributed by atoms with van der Waals surface area (Å²) in [5, 5.41) is 3.48. The zero-order valence-corrected chi connectivity index (χ0v) is 15.2. The van der Waals surface area contributed by atoms with Gasteiger partial charge in [0.05, 0.1) is 15.6 Å². The van der Waals surface area contributed by atoms with E-state index < -0.39 is 5.41 Å². The fourth-order valence-electron chi connectivity index (χ4n) is 3.74. The number of hydrogen-bond acceptors (Lipinski definition) is 4. The highest BCUT2D eigenvalue weighted by molar-refractivity contribution is 9.10. The monoisotopic (exact) mass is 406 g/mol. The molecular formula is C17H16BrClN4O. The van der Waals surface area contributed by atoms with Crippen molar-refractivity contribution < 1.29 is 4.79 Å². The van der Waals surface area contributed by atoms with E-state index in [0.717, 1.165) is 47.3 Å². The number of pyridine rings is 1. The summed E-state index contributed by atoms with van der Waals surface area (Å²) in [6.07, 6.45) is 3.14. The third-order valence-corrected chi connectivity index (χ3v) is 5.99. The topological polar surface area (TPSA) is 71.2 Å². The number of nitrogen functional groups attached to an aromatic ring is 1. The molecule has 24 heavy (non-hydrogen) atoms. The average Bonchev–Trinajstić information content (AvgIpc) is 2.85. The van der Waals surface area contributed by atoms with Gasteiger partial charge in [0.2, 0.25) is 5.91 Å². The molecule has 1 aromatic carbocycles. The Morgan fingerprint density at radius 3 is 2.75 bits per heavy atom. The molecular weight excluding hydrogens is 392 g/mol. The molecule has 1 spiro atoms. The molecule has 1 fully saturated rings. The summed E-state index contributed by atoms with van der Waals surface area (Å²) < 4.78 is 0.814. The number of nitrogens with two attached hydrogens (primary N) is 1. The van der Waals surface area contributed by atoms with Gasteiger partial charge in [-0.25, -0.2) is 4.98 Å². The lowest BCUT2D eigenvalue weighted by molar-refractivity contribution is -0.121. The molecule has 2 aromatic rings. The molecule has 5 nitrogen and oxygen atoms in total. The zero-order chi connectivity index (χ0) is 16.9. The molecule has 0 unspecified atom stereocenters. The summed E-state index contributed by atoms with van der Waals surface area (Å²) in [4.78, 5) is 18.9. The summed E-state index contributed by atoms with van der Waals surface area (Å²) >= 11 is 9.86. The second kappa shape index (κ2) is 5.63. The molecule has 124 valence electrons. The minimum atomic E-state index is -0.440. The number of nitrogens with one attached hydrogen (secondary N) is 1. The average molecular weight is 408 g/mol. The van der Waals surface area contributed by atoms with Gasteiger partial charge in [0.15, 0.2) is 0 Å². The Labute approximate surface area is 153 Å². The van der Waals surface area contributed by atoms with Gasteiger partial charge < -0.3 is 16.0 Å². The number of para-hydroxylation sites is 1. The van der Waals surface area contributed by atoms with E-state index in [1.54, 1.807) is 6.20 Å². The molecule has 3 N–H and O–H groups in total. The molecule has 1 aromatic heterocycles. The number of amides is 1. The van der Waals surface area contributed by atoms with E-state index in [4.69, 9.17) is 17.3 Å². The van der Waals surface area contributed by atoms with Crippen LogP contribution in [0.1, 0.15) is 18.4 Å². The van der Waals surface area contributed by atoms with Crippen molar-refractivity contribution in [3.8, 4) is 0 Å². The molecule has 3 heterocycles. The lowest BCUT2D eigenvalue weighted by atomic mass is 9.73. The third-order valence-electron chi connectivity index (χ3n) is 5.03. The van der Waals surface area contributed by atoms with E-state index in [9.17, 15) is 4.79 Å². The lowest BCUT2D eigenvalue weighted by Gasteiger charge is -2.39. The van der Waals surface area contributed by atoms with E-state index in [1.807, 2.05) is 18.2 Å². The van der Waals surface area contributed by atoms with Gasteiger partial charge in [-0.15, -0.1) is 0 Å². The number of anilines is 3. The maximum atomic E-state index is 12.6. The Bertz CT molecular complexity index is 833. The van der Waals surface area contributed by atoms with Crippen molar-refractivity contribution in [1.82, 2.24) is 4.98 Å². The first-order valence-corrected chi connectivity index (χ1v) is 8.95. The van der Waals surface area contributed by atoms with Crippen LogP contribution in [0.3, 0.4) is 0 Å². The van der Waals surface area contributed by atoms with Crippen molar-refractivity contribution in [2.45, 2.75) is 18.3 Å². The molecule has 0 saturated carbocycles. The molecule has 2 aliphatic rings. The highest BCUT2D eigenvalue weighted by atomic mass is 79.9. The van der Waals surface area contributed by atoms with Crippen LogP contribution >= 0.6 is 27.5 Å². The summed E-state index contributed by atoms with van der Waals surface area (Å²) in [6, 6.07) is 7.95. The predicted molar refractivity (Wildman–Crippen MR) is 99.6 cm³/mol. The third kappa shape index (κ3) is 2.20. The Morgan fingerprint density at radius 2 is 2.00 bits per heavy atom. The number of hydrogen-bond donors (Lipinski definition) is 2. The van der Waals surface area contributed by atoms with Crippen LogP contribution in [-0.2, 0) is 10.2 Å². The quantitative estimate of drug-likeness (QED) is 0.758. The van der Waals surface area contributed by atoms with Crippen LogP contribution < -0.4 is 16.0 Å². The van der Waals surface area contributed by atoms with E-state index in [0.29, 0.717) is 10.8 Å². The second-order valence-corrected chi connectivity index (χ2v) is 7.46. The maximum Gasteiger partial charge on any atom is 0.235 e. The first-order valence-electron chi connectivity index (χ1n) is 7.78. The highest BCUT2D eigenvalue weighted by Crippen LogP contribution is 2.47. The molecule has 0 atom stereocenters. The van der Waals surface area contributed by atoms with Gasteiger partial charge in [-0.05, 0) is 40.4 Å². The normalized spacial score (nSPS) is 18.6. The number of rotatable bonds is 1. The van der Waals surface area contributed by atoms with Crippen LogP contribution in [0.5, 0.6) is 0 Å². The van der Waals surface area contributed by atoms with Gasteiger partial charge in [0.1, 0.15) is 10.8 Å². The van der Waals surface area contributed by atoms with Crippen molar-refractivity contribution in [3.05, 3.63) is 45.5 Å². The van der Waals surface area contributed by atoms with E-state index in [1.165, 1.54) is 0 Å². The second-order valence-electron chi connectivity index (χ2n) is 6.22. The van der Waals surface area contributed by atoms with Crippen molar-refractivity contribution in [3.63, 3.8) is 0 Å².